The summed E-state index contributed by atoms with van der Waals surface area (Å²) < 4.78 is 25.8. The van der Waals surface area contributed by atoms with Crippen molar-refractivity contribution < 1.29 is 22.9 Å². The summed E-state index contributed by atoms with van der Waals surface area (Å²) in [4.78, 5) is 42.2. The molecule has 38 heavy (non-hydrogen) atoms. The van der Waals surface area contributed by atoms with Gasteiger partial charge in [-0.1, -0.05) is 30.3 Å². The van der Waals surface area contributed by atoms with Gasteiger partial charge in [-0.15, -0.1) is 0 Å². The highest BCUT2D eigenvalue weighted by molar-refractivity contribution is 7.92. The zero-order valence-electron chi connectivity index (χ0n) is 20.9. The minimum atomic E-state index is -3.75. The minimum absolute atomic E-state index is 0.143. The average Bonchev–Trinajstić information content (AvgIpc) is 3.20. The van der Waals surface area contributed by atoms with Crippen LogP contribution in [0.3, 0.4) is 0 Å². The molecule has 3 aromatic rings. The number of nitro groups is 1. The van der Waals surface area contributed by atoms with Gasteiger partial charge < -0.3 is 10.2 Å². The van der Waals surface area contributed by atoms with Gasteiger partial charge in [0.1, 0.15) is 12.5 Å². The van der Waals surface area contributed by atoms with E-state index in [1.54, 1.807) is 36.4 Å². The van der Waals surface area contributed by atoms with Crippen LogP contribution in [0.5, 0.6) is 0 Å². The molecule has 4 rings (SSSR count). The van der Waals surface area contributed by atoms with Crippen molar-refractivity contribution in [2.75, 3.05) is 36.5 Å². The lowest BCUT2D eigenvalue weighted by atomic mass is 9.90. The number of rotatable bonds is 8. The SMILES string of the molecule is CN(C)C(=O)CN(c1ccc(N=C(c2ccccc2)C2C(=O)Nc3ccc([N+](=O)[O-])cc32)cc1)S(C)(=O)=O. The Kier molecular flexibility index (Phi) is 7.26. The zero-order chi connectivity index (χ0) is 27.6. The molecule has 0 spiro atoms. The summed E-state index contributed by atoms with van der Waals surface area (Å²) in [5, 5.41) is 14.1. The Bertz CT molecular complexity index is 1540. The number of nitrogens with one attached hydrogen (secondary N) is 1. The Morgan fingerprint density at radius 2 is 1.71 bits per heavy atom. The van der Waals surface area contributed by atoms with Gasteiger partial charge in [0.15, 0.2) is 0 Å². The van der Waals surface area contributed by atoms with Crippen LogP contribution in [0.2, 0.25) is 0 Å². The number of non-ortho nitro benzene ring substituents is 1. The predicted molar refractivity (Wildman–Crippen MR) is 144 cm³/mol. The maximum atomic E-state index is 13.1. The van der Waals surface area contributed by atoms with Crippen molar-refractivity contribution in [1.29, 1.82) is 0 Å². The standard InChI is InChI=1S/C26H25N5O6S/c1-29(2)23(32)16-30(38(3,36)37)19-11-9-18(10-12-19)27-25(17-7-5-4-6-8-17)24-21-15-20(31(34)35)13-14-22(21)28-26(24)33/h4-15,24H,16H2,1-3H3,(H,28,33). The molecule has 1 unspecified atom stereocenters. The summed E-state index contributed by atoms with van der Waals surface area (Å²) in [5.74, 6) is -1.66. The summed E-state index contributed by atoms with van der Waals surface area (Å²) in [5.41, 5.74) is 2.49. The Morgan fingerprint density at radius 1 is 1.05 bits per heavy atom. The van der Waals surface area contributed by atoms with Gasteiger partial charge in [0, 0.05) is 37.5 Å². The zero-order valence-corrected chi connectivity index (χ0v) is 21.7. The van der Waals surface area contributed by atoms with Gasteiger partial charge in [0.05, 0.1) is 28.3 Å². The first kappa shape index (κ1) is 26.5. The van der Waals surface area contributed by atoms with Crippen molar-refractivity contribution in [3.63, 3.8) is 0 Å². The second kappa shape index (κ2) is 10.4. The molecule has 0 saturated carbocycles. The monoisotopic (exact) mass is 535 g/mol. The summed E-state index contributed by atoms with van der Waals surface area (Å²) in [6.45, 7) is -0.360. The maximum absolute atomic E-state index is 13.1. The van der Waals surface area contributed by atoms with Crippen LogP contribution in [-0.2, 0) is 19.6 Å². The van der Waals surface area contributed by atoms with Gasteiger partial charge in [-0.2, -0.15) is 0 Å². The Balaban J connectivity index is 1.77. The molecular formula is C26H25N5O6S. The van der Waals surface area contributed by atoms with E-state index < -0.39 is 20.9 Å². The molecule has 1 heterocycles. The highest BCUT2D eigenvalue weighted by Crippen LogP contribution is 2.38. The predicted octanol–water partition coefficient (Wildman–Crippen LogP) is 3.31. The number of aliphatic imine (C=N–C) groups is 1. The number of carbonyl (C=O) groups is 2. The molecule has 3 aromatic carbocycles. The number of fused-ring (bicyclic) bond motifs is 1. The summed E-state index contributed by atoms with van der Waals surface area (Å²) >= 11 is 0. The lowest BCUT2D eigenvalue weighted by Crippen LogP contribution is -2.39. The van der Waals surface area contributed by atoms with Crippen molar-refractivity contribution in [2.24, 2.45) is 4.99 Å². The molecule has 12 heteroatoms. The Labute approximate surface area is 219 Å². The molecule has 0 saturated heterocycles. The van der Waals surface area contributed by atoms with E-state index in [9.17, 15) is 28.1 Å². The lowest BCUT2D eigenvalue weighted by molar-refractivity contribution is -0.384. The fraction of sp³-hybridized carbons (Fsp3) is 0.192. The van der Waals surface area contributed by atoms with Gasteiger partial charge in [-0.3, -0.25) is 29.0 Å². The van der Waals surface area contributed by atoms with Crippen LogP contribution in [0.15, 0.2) is 77.8 Å². The minimum Gasteiger partial charge on any atom is -0.347 e. The molecule has 2 amide bonds. The number of hydrogen-bond donors (Lipinski definition) is 1. The Hall–Kier alpha value is -4.58. The molecule has 0 bridgehead atoms. The fourth-order valence-corrected chi connectivity index (χ4v) is 4.89. The first-order valence-corrected chi connectivity index (χ1v) is 13.3. The molecule has 1 atom stereocenters. The van der Waals surface area contributed by atoms with E-state index >= 15 is 0 Å². The van der Waals surface area contributed by atoms with E-state index in [1.807, 2.05) is 6.07 Å². The molecule has 1 aliphatic heterocycles. The molecular weight excluding hydrogens is 510 g/mol. The van der Waals surface area contributed by atoms with Crippen molar-refractivity contribution in [1.82, 2.24) is 4.90 Å². The van der Waals surface area contributed by atoms with Crippen molar-refractivity contribution in [3.05, 3.63) is 94.0 Å². The topological polar surface area (TPSA) is 142 Å². The molecule has 1 N–H and O–H groups in total. The second-order valence-corrected chi connectivity index (χ2v) is 10.8. The first-order valence-electron chi connectivity index (χ1n) is 11.5. The van der Waals surface area contributed by atoms with Gasteiger partial charge in [-0.05, 0) is 35.9 Å². The molecule has 0 aliphatic carbocycles. The fourth-order valence-electron chi connectivity index (χ4n) is 4.04. The van der Waals surface area contributed by atoms with E-state index in [0.29, 0.717) is 28.2 Å². The van der Waals surface area contributed by atoms with Gasteiger partial charge in [-0.25, -0.2) is 8.42 Å². The van der Waals surface area contributed by atoms with Crippen LogP contribution in [0.4, 0.5) is 22.7 Å². The average molecular weight is 536 g/mol. The van der Waals surface area contributed by atoms with Crippen molar-refractivity contribution in [2.45, 2.75) is 5.92 Å². The van der Waals surface area contributed by atoms with Crippen LogP contribution < -0.4 is 9.62 Å². The number of nitrogens with zero attached hydrogens (tertiary/aromatic N) is 4. The van der Waals surface area contributed by atoms with Crippen LogP contribution in [-0.4, -0.2) is 62.7 Å². The largest absolute Gasteiger partial charge is 0.347 e. The number of sulfonamides is 1. The number of benzene rings is 3. The van der Waals surface area contributed by atoms with Crippen LogP contribution >= 0.6 is 0 Å². The van der Waals surface area contributed by atoms with Crippen molar-refractivity contribution in [3.8, 4) is 0 Å². The molecule has 0 aromatic heterocycles. The first-order chi connectivity index (χ1) is 18.0. The molecule has 196 valence electrons. The van der Waals surface area contributed by atoms with E-state index in [4.69, 9.17) is 4.99 Å². The lowest BCUT2D eigenvalue weighted by Gasteiger charge is -2.23. The van der Waals surface area contributed by atoms with E-state index in [-0.39, 0.29) is 29.7 Å². The van der Waals surface area contributed by atoms with E-state index in [1.165, 1.54) is 49.3 Å². The smallest absolute Gasteiger partial charge is 0.269 e. The summed E-state index contributed by atoms with van der Waals surface area (Å²) in [7, 11) is -0.670. The number of likely N-dealkylation sites (N-methyl/N-ethyl adjacent to an activating group) is 1. The van der Waals surface area contributed by atoms with E-state index in [0.717, 1.165) is 10.6 Å². The summed E-state index contributed by atoms with van der Waals surface area (Å²) in [6, 6.07) is 19.4. The molecule has 0 fully saturated rings. The highest BCUT2D eigenvalue weighted by Gasteiger charge is 2.36. The van der Waals surface area contributed by atoms with Crippen LogP contribution in [0.1, 0.15) is 17.0 Å². The molecule has 11 nitrogen and oxygen atoms in total. The van der Waals surface area contributed by atoms with Crippen LogP contribution in [0.25, 0.3) is 0 Å². The summed E-state index contributed by atoms with van der Waals surface area (Å²) in [6.07, 6.45) is 1.02. The normalized spacial score (nSPS) is 15.0. The second-order valence-electron chi connectivity index (χ2n) is 8.89. The number of carbonyl (C=O) groups excluding carboxylic acids is 2. The number of nitro benzene ring substituents is 1. The van der Waals surface area contributed by atoms with Crippen LogP contribution in [0, 0.1) is 10.1 Å². The Morgan fingerprint density at radius 3 is 2.29 bits per heavy atom. The molecule has 1 aliphatic rings. The van der Waals surface area contributed by atoms with Gasteiger partial charge in [0.2, 0.25) is 21.8 Å². The van der Waals surface area contributed by atoms with Gasteiger partial charge >= 0.3 is 0 Å². The highest BCUT2D eigenvalue weighted by atomic mass is 32.2. The molecule has 0 radical (unpaired) electrons. The maximum Gasteiger partial charge on any atom is 0.269 e. The quantitative estimate of drug-likeness (QED) is 0.266. The number of anilines is 2. The third kappa shape index (κ3) is 5.54. The number of amides is 2. The van der Waals surface area contributed by atoms with E-state index in [2.05, 4.69) is 5.32 Å². The third-order valence-electron chi connectivity index (χ3n) is 5.99. The third-order valence-corrected chi connectivity index (χ3v) is 7.13. The van der Waals surface area contributed by atoms with Crippen molar-refractivity contribution >= 4 is 50.3 Å². The van der Waals surface area contributed by atoms with Gasteiger partial charge in [0.25, 0.3) is 5.69 Å². The number of hydrogen-bond acceptors (Lipinski definition) is 7.